The molecule has 0 aliphatic rings. The molecule has 2 aromatic heterocycles. The first-order valence-corrected chi connectivity index (χ1v) is 9.60. The van der Waals surface area contributed by atoms with Gasteiger partial charge in [-0.05, 0) is 31.2 Å². The number of rotatable bonds is 6. The second kappa shape index (κ2) is 7.51. The van der Waals surface area contributed by atoms with Gasteiger partial charge in [-0.25, -0.2) is 4.98 Å². The maximum Gasteiger partial charge on any atom is 0.262 e. The van der Waals surface area contributed by atoms with Crippen LogP contribution in [0.25, 0.3) is 10.2 Å². The molecule has 0 atom stereocenters. The van der Waals surface area contributed by atoms with Gasteiger partial charge in [-0.2, -0.15) is 0 Å². The summed E-state index contributed by atoms with van der Waals surface area (Å²) in [4.78, 5) is 31.2. The zero-order valence-electron chi connectivity index (χ0n) is 14.9. The van der Waals surface area contributed by atoms with Crippen LogP contribution in [0.4, 0.5) is 0 Å². The van der Waals surface area contributed by atoms with Crippen molar-refractivity contribution in [2.75, 3.05) is 20.0 Å². The fraction of sp³-hybridized carbons (Fsp3) is 0.278. The number of aromatic nitrogens is 2. The van der Waals surface area contributed by atoms with Gasteiger partial charge in [0.2, 0.25) is 0 Å². The summed E-state index contributed by atoms with van der Waals surface area (Å²) in [7, 11) is 4.74. The van der Waals surface area contributed by atoms with E-state index in [1.807, 2.05) is 13.0 Å². The normalized spacial score (nSPS) is 10.9. The number of aryl methyl sites for hydroxylation is 1. The molecule has 0 aliphatic carbocycles. The molecule has 0 bridgehead atoms. The van der Waals surface area contributed by atoms with E-state index in [1.54, 1.807) is 32.4 Å². The summed E-state index contributed by atoms with van der Waals surface area (Å²) in [6.07, 6.45) is 0. The Labute approximate surface area is 158 Å². The van der Waals surface area contributed by atoms with Gasteiger partial charge >= 0.3 is 0 Å². The maximum absolute atomic E-state index is 12.5. The Balaban J connectivity index is 1.83. The van der Waals surface area contributed by atoms with Crippen LogP contribution in [0, 0.1) is 6.92 Å². The number of Topliss-reactive ketones (excluding diaryl/α,β-unsaturated/α-hetero) is 1. The lowest BCUT2D eigenvalue weighted by Crippen LogP contribution is -2.19. The third-order valence-corrected chi connectivity index (χ3v) is 5.87. The topological polar surface area (TPSA) is 70.4 Å². The standard InChI is InChI=1S/C18H18N2O4S2/c1-10-7-12-16(26-10)19-18(20(2)17(12)22)25-9-13(21)11-5-6-14(23-3)15(8-11)24-4/h5-8H,9H2,1-4H3. The number of thiophene rings is 1. The van der Waals surface area contributed by atoms with Crippen molar-refractivity contribution in [3.05, 3.63) is 45.1 Å². The molecule has 8 heteroatoms. The largest absolute Gasteiger partial charge is 0.493 e. The van der Waals surface area contributed by atoms with Crippen molar-refractivity contribution >= 4 is 39.1 Å². The van der Waals surface area contributed by atoms with Gasteiger partial charge in [-0.15, -0.1) is 11.3 Å². The van der Waals surface area contributed by atoms with Crippen molar-refractivity contribution in [1.29, 1.82) is 0 Å². The summed E-state index contributed by atoms with van der Waals surface area (Å²) in [6.45, 7) is 1.94. The number of ketones is 1. The van der Waals surface area contributed by atoms with E-state index in [1.165, 1.54) is 34.8 Å². The molecule has 0 saturated heterocycles. The molecular weight excluding hydrogens is 372 g/mol. The Morgan fingerprint density at radius 2 is 1.96 bits per heavy atom. The zero-order chi connectivity index (χ0) is 18.8. The van der Waals surface area contributed by atoms with E-state index < -0.39 is 0 Å². The number of hydrogen-bond acceptors (Lipinski definition) is 7. The van der Waals surface area contributed by atoms with Crippen LogP contribution in [-0.2, 0) is 7.05 Å². The Morgan fingerprint density at radius 1 is 1.23 bits per heavy atom. The van der Waals surface area contributed by atoms with Crippen molar-refractivity contribution in [3.63, 3.8) is 0 Å². The highest BCUT2D eigenvalue weighted by Gasteiger charge is 2.15. The molecule has 0 spiro atoms. The number of carbonyl (C=O) groups excluding carboxylic acids is 1. The van der Waals surface area contributed by atoms with Crippen molar-refractivity contribution in [2.45, 2.75) is 12.1 Å². The van der Waals surface area contributed by atoms with Gasteiger partial charge in [0.15, 0.2) is 22.4 Å². The van der Waals surface area contributed by atoms with Gasteiger partial charge in [0, 0.05) is 17.5 Å². The molecule has 1 aromatic carbocycles. The predicted octanol–water partition coefficient (Wildman–Crippen LogP) is 3.30. The Kier molecular flexibility index (Phi) is 5.33. The minimum atomic E-state index is -0.0968. The van der Waals surface area contributed by atoms with Gasteiger partial charge in [0.1, 0.15) is 4.83 Å². The number of methoxy groups -OCH3 is 2. The Bertz CT molecular complexity index is 1040. The van der Waals surface area contributed by atoms with Crippen molar-refractivity contribution in [2.24, 2.45) is 7.05 Å². The number of nitrogens with zero attached hydrogens (tertiary/aromatic N) is 2. The molecule has 26 heavy (non-hydrogen) atoms. The lowest BCUT2D eigenvalue weighted by atomic mass is 10.1. The Hall–Kier alpha value is -2.32. The summed E-state index contributed by atoms with van der Waals surface area (Å²) < 4.78 is 11.9. The monoisotopic (exact) mass is 390 g/mol. The SMILES string of the molecule is COc1ccc(C(=O)CSc2nc3sc(C)cc3c(=O)n2C)cc1OC. The summed E-state index contributed by atoms with van der Waals surface area (Å²) in [5, 5.41) is 1.14. The highest BCUT2D eigenvalue weighted by molar-refractivity contribution is 7.99. The summed E-state index contributed by atoms with van der Waals surface area (Å²) in [5.74, 6) is 1.17. The molecule has 3 aromatic rings. The second-order valence-electron chi connectivity index (χ2n) is 5.62. The molecule has 0 radical (unpaired) electrons. The highest BCUT2D eigenvalue weighted by atomic mass is 32.2. The van der Waals surface area contributed by atoms with Crippen molar-refractivity contribution in [3.8, 4) is 11.5 Å². The number of ether oxygens (including phenoxy) is 2. The van der Waals surface area contributed by atoms with Crippen LogP contribution in [0.5, 0.6) is 11.5 Å². The van der Waals surface area contributed by atoms with E-state index in [0.29, 0.717) is 32.4 Å². The van der Waals surface area contributed by atoms with E-state index in [9.17, 15) is 9.59 Å². The van der Waals surface area contributed by atoms with Crippen LogP contribution < -0.4 is 15.0 Å². The van der Waals surface area contributed by atoms with Crippen LogP contribution in [-0.4, -0.2) is 35.3 Å². The molecule has 0 amide bonds. The first-order valence-electron chi connectivity index (χ1n) is 7.79. The summed E-state index contributed by atoms with van der Waals surface area (Å²) in [5.41, 5.74) is 0.425. The van der Waals surface area contributed by atoms with Gasteiger partial charge in [-0.1, -0.05) is 11.8 Å². The van der Waals surface area contributed by atoms with E-state index in [-0.39, 0.29) is 17.1 Å². The predicted molar refractivity (Wildman–Crippen MR) is 104 cm³/mol. The molecule has 6 nitrogen and oxygen atoms in total. The molecular formula is C18H18N2O4S2. The van der Waals surface area contributed by atoms with Crippen LogP contribution in [0.3, 0.4) is 0 Å². The second-order valence-corrected chi connectivity index (χ2v) is 7.79. The molecule has 0 unspecified atom stereocenters. The zero-order valence-corrected chi connectivity index (χ0v) is 16.5. The van der Waals surface area contributed by atoms with Gasteiger partial charge in [-0.3, -0.25) is 14.2 Å². The number of hydrogen-bond donors (Lipinski definition) is 0. The highest BCUT2D eigenvalue weighted by Crippen LogP contribution is 2.29. The average molecular weight is 390 g/mol. The van der Waals surface area contributed by atoms with Gasteiger partial charge in [0.05, 0.1) is 25.4 Å². The molecule has 0 aliphatic heterocycles. The fourth-order valence-electron chi connectivity index (χ4n) is 2.52. The van der Waals surface area contributed by atoms with E-state index in [2.05, 4.69) is 4.98 Å². The molecule has 3 rings (SSSR count). The van der Waals surface area contributed by atoms with Crippen LogP contribution in [0.15, 0.2) is 34.2 Å². The number of carbonyl (C=O) groups is 1. The first kappa shape index (κ1) is 18.5. The molecule has 136 valence electrons. The minimum Gasteiger partial charge on any atom is -0.493 e. The van der Waals surface area contributed by atoms with E-state index in [0.717, 1.165) is 4.88 Å². The van der Waals surface area contributed by atoms with Crippen molar-refractivity contribution in [1.82, 2.24) is 9.55 Å². The van der Waals surface area contributed by atoms with E-state index in [4.69, 9.17) is 9.47 Å². The fourth-order valence-corrected chi connectivity index (χ4v) is 4.31. The van der Waals surface area contributed by atoms with Gasteiger partial charge in [0.25, 0.3) is 5.56 Å². The lowest BCUT2D eigenvalue weighted by Gasteiger charge is -2.09. The van der Waals surface area contributed by atoms with Crippen molar-refractivity contribution < 1.29 is 14.3 Å². The number of benzene rings is 1. The average Bonchev–Trinajstić information content (AvgIpc) is 3.03. The summed E-state index contributed by atoms with van der Waals surface area (Å²) >= 11 is 2.72. The molecule has 0 fully saturated rings. The first-order chi connectivity index (χ1) is 12.4. The third kappa shape index (κ3) is 3.47. The maximum atomic E-state index is 12.5. The smallest absolute Gasteiger partial charge is 0.262 e. The molecule has 0 saturated carbocycles. The lowest BCUT2D eigenvalue weighted by molar-refractivity contribution is 0.102. The Morgan fingerprint density at radius 3 is 2.65 bits per heavy atom. The molecule has 0 N–H and O–H groups in total. The van der Waals surface area contributed by atoms with E-state index >= 15 is 0 Å². The minimum absolute atomic E-state index is 0.0762. The number of thioether (sulfide) groups is 1. The quantitative estimate of drug-likeness (QED) is 0.365. The number of fused-ring (bicyclic) bond motifs is 1. The van der Waals surface area contributed by atoms with Crippen LogP contribution in [0.1, 0.15) is 15.2 Å². The van der Waals surface area contributed by atoms with Gasteiger partial charge < -0.3 is 9.47 Å². The third-order valence-electron chi connectivity index (χ3n) is 3.89. The van der Waals surface area contributed by atoms with Crippen LogP contribution in [0.2, 0.25) is 0 Å². The van der Waals surface area contributed by atoms with Crippen LogP contribution >= 0.6 is 23.1 Å². The molecule has 2 heterocycles. The summed E-state index contributed by atoms with van der Waals surface area (Å²) in [6, 6.07) is 6.90.